The van der Waals surface area contributed by atoms with Gasteiger partial charge in [0.05, 0.1) is 12.6 Å². The molecule has 1 N–H and O–H groups in total. The topological polar surface area (TPSA) is 52.0 Å². The van der Waals surface area contributed by atoms with E-state index in [1.165, 1.54) is 6.42 Å². The molecule has 1 aliphatic heterocycles. The van der Waals surface area contributed by atoms with Crippen LogP contribution in [-0.4, -0.2) is 34.5 Å². The fraction of sp³-hybridized carbons (Fsp3) is 0.846. The molecule has 1 aromatic heterocycles. The van der Waals surface area contributed by atoms with Crippen LogP contribution in [-0.2, 0) is 17.7 Å². The van der Waals surface area contributed by atoms with Crippen LogP contribution in [0.1, 0.15) is 50.8 Å². The van der Waals surface area contributed by atoms with Gasteiger partial charge in [-0.3, -0.25) is 0 Å². The second kappa shape index (κ2) is 6.85. The summed E-state index contributed by atoms with van der Waals surface area (Å²) in [6.45, 7) is 7.90. The molecule has 0 saturated carbocycles. The van der Waals surface area contributed by atoms with Crippen LogP contribution in [0, 0.1) is 0 Å². The Kier molecular flexibility index (Phi) is 5.13. The fourth-order valence-electron chi connectivity index (χ4n) is 2.41. The number of nitrogens with one attached hydrogen (secondary N) is 1. The molecule has 5 heteroatoms. The highest BCUT2D eigenvalue weighted by molar-refractivity contribution is 5.04. The van der Waals surface area contributed by atoms with Gasteiger partial charge in [0.1, 0.15) is 11.6 Å². The lowest BCUT2D eigenvalue weighted by atomic mass is 10.1. The van der Waals surface area contributed by atoms with Gasteiger partial charge in [0.2, 0.25) is 0 Å². The second-order valence-electron chi connectivity index (χ2n) is 4.78. The maximum atomic E-state index is 5.52. The van der Waals surface area contributed by atoms with E-state index < -0.39 is 0 Å². The Morgan fingerprint density at radius 2 is 2.17 bits per heavy atom. The van der Waals surface area contributed by atoms with E-state index in [9.17, 15) is 0 Å². The van der Waals surface area contributed by atoms with Crippen LogP contribution < -0.4 is 5.32 Å². The van der Waals surface area contributed by atoms with Gasteiger partial charge in [-0.25, -0.2) is 0 Å². The maximum absolute atomic E-state index is 5.52. The second-order valence-corrected chi connectivity index (χ2v) is 4.78. The van der Waals surface area contributed by atoms with E-state index in [0.717, 1.165) is 57.2 Å². The van der Waals surface area contributed by atoms with E-state index in [1.54, 1.807) is 0 Å². The van der Waals surface area contributed by atoms with E-state index in [-0.39, 0.29) is 0 Å². The highest BCUT2D eigenvalue weighted by atomic mass is 16.5. The Labute approximate surface area is 109 Å². The van der Waals surface area contributed by atoms with Crippen molar-refractivity contribution in [3.05, 3.63) is 11.6 Å². The van der Waals surface area contributed by atoms with E-state index in [1.807, 2.05) is 0 Å². The zero-order chi connectivity index (χ0) is 12.8. The van der Waals surface area contributed by atoms with Gasteiger partial charge < -0.3 is 14.6 Å². The maximum Gasteiger partial charge on any atom is 0.150 e. The third kappa shape index (κ3) is 3.09. The average molecular weight is 252 g/mol. The van der Waals surface area contributed by atoms with Gasteiger partial charge in [-0.2, -0.15) is 0 Å². The smallest absolute Gasteiger partial charge is 0.150 e. The molecule has 0 radical (unpaired) electrons. The lowest BCUT2D eigenvalue weighted by Gasteiger charge is -2.24. The number of rotatable bonds is 7. The summed E-state index contributed by atoms with van der Waals surface area (Å²) in [6, 6.07) is 0.376. The first kappa shape index (κ1) is 13.5. The van der Waals surface area contributed by atoms with Gasteiger partial charge in [0.25, 0.3) is 0 Å². The molecule has 1 atom stereocenters. The van der Waals surface area contributed by atoms with Crippen molar-refractivity contribution < 1.29 is 4.74 Å². The molecular weight excluding hydrogens is 228 g/mol. The van der Waals surface area contributed by atoms with Crippen LogP contribution in [0.3, 0.4) is 0 Å². The van der Waals surface area contributed by atoms with Crippen LogP contribution in [0.25, 0.3) is 0 Å². The van der Waals surface area contributed by atoms with Crippen LogP contribution in [0.2, 0.25) is 0 Å². The SMILES string of the molecule is CCCOCCc1nnc2n1CCNC2CCC. The number of fused-ring (bicyclic) bond motifs is 1. The van der Waals surface area contributed by atoms with E-state index in [0.29, 0.717) is 6.04 Å². The van der Waals surface area contributed by atoms with Crippen molar-refractivity contribution in [2.24, 2.45) is 0 Å². The highest BCUT2D eigenvalue weighted by Gasteiger charge is 2.23. The molecule has 1 unspecified atom stereocenters. The first-order valence-electron chi connectivity index (χ1n) is 7.09. The van der Waals surface area contributed by atoms with Gasteiger partial charge in [-0.05, 0) is 12.8 Å². The minimum Gasteiger partial charge on any atom is -0.381 e. The van der Waals surface area contributed by atoms with Gasteiger partial charge >= 0.3 is 0 Å². The number of aromatic nitrogens is 3. The molecule has 18 heavy (non-hydrogen) atoms. The molecule has 0 saturated heterocycles. The van der Waals surface area contributed by atoms with Gasteiger partial charge in [-0.1, -0.05) is 20.3 Å². The Hall–Kier alpha value is -0.940. The zero-order valence-corrected chi connectivity index (χ0v) is 11.5. The van der Waals surface area contributed by atoms with Crippen molar-refractivity contribution in [2.75, 3.05) is 19.8 Å². The normalized spacial score (nSPS) is 18.9. The fourth-order valence-corrected chi connectivity index (χ4v) is 2.41. The van der Waals surface area contributed by atoms with Crippen molar-refractivity contribution in [3.8, 4) is 0 Å². The van der Waals surface area contributed by atoms with E-state index >= 15 is 0 Å². The summed E-state index contributed by atoms with van der Waals surface area (Å²) in [5, 5.41) is 12.2. The van der Waals surface area contributed by atoms with Crippen LogP contribution in [0.15, 0.2) is 0 Å². The number of nitrogens with zero attached hydrogens (tertiary/aromatic N) is 3. The molecule has 1 aromatic rings. The molecule has 2 heterocycles. The zero-order valence-electron chi connectivity index (χ0n) is 11.5. The summed E-state index contributed by atoms with van der Waals surface area (Å²) < 4.78 is 7.79. The Morgan fingerprint density at radius 3 is 2.94 bits per heavy atom. The highest BCUT2D eigenvalue weighted by Crippen LogP contribution is 2.20. The Morgan fingerprint density at radius 1 is 1.28 bits per heavy atom. The minimum atomic E-state index is 0.376. The Balaban J connectivity index is 1.97. The lowest BCUT2D eigenvalue weighted by Crippen LogP contribution is -2.34. The summed E-state index contributed by atoms with van der Waals surface area (Å²) in [4.78, 5) is 0. The Bertz CT molecular complexity index is 364. The molecule has 102 valence electrons. The quantitative estimate of drug-likeness (QED) is 0.750. The predicted octanol–water partition coefficient (Wildman–Crippen LogP) is 1.69. The third-order valence-electron chi connectivity index (χ3n) is 3.29. The summed E-state index contributed by atoms with van der Waals surface area (Å²) in [6.07, 6.45) is 4.23. The van der Waals surface area contributed by atoms with Crippen LogP contribution in [0.5, 0.6) is 0 Å². The standard InChI is InChI=1S/C13H24N4O/c1-3-5-11-13-16-15-12(6-10-18-9-4-2)17(13)8-7-14-11/h11,14H,3-10H2,1-2H3. The van der Waals surface area contributed by atoms with Crippen molar-refractivity contribution in [3.63, 3.8) is 0 Å². The van der Waals surface area contributed by atoms with Crippen molar-refractivity contribution in [2.45, 2.75) is 52.1 Å². The first-order chi connectivity index (χ1) is 8.86. The minimum absolute atomic E-state index is 0.376. The predicted molar refractivity (Wildman–Crippen MR) is 70.5 cm³/mol. The summed E-state index contributed by atoms with van der Waals surface area (Å²) >= 11 is 0. The average Bonchev–Trinajstić information content (AvgIpc) is 2.80. The van der Waals surface area contributed by atoms with Gasteiger partial charge in [0, 0.05) is 26.1 Å². The van der Waals surface area contributed by atoms with Crippen molar-refractivity contribution in [1.29, 1.82) is 0 Å². The molecule has 2 rings (SSSR count). The summed E-state index contributed by atoms with van der Waals surface area (Å²) in [7, 11) is 0. The van der Waals surface area contributed by atoms with Crippen molar-refractivity contribution in [1.82, 2.24) is 20.1 Å². The summed E-state index contributed by atoms with van der Waals surface area (Å²) in [5.74, 6) is 2.18. The first-order valence-corrected chi connectivity index (χ1v) is 7.09. The van der Waals surface area contributed by atoms with E-state index in [2.05, 4.69) is 33.9 Å². The van der Waals surface area contributed by atoms with Crippen LogP contribution >= 0.6 is 0 Å². The third-order valence-corrected chi connectivity index (χ3v) is 3.29. The molecule has 0 aliphatic carbocycles. The molecular formula is C13H24N4O. The largest absolute Gasteiger partial charge is 0.381 e. The van der Waals surface area contributed by atoms with Gasteiger partial charge in [0.15, 0.2) is 0 Å². The molecule has 0 amide bonds. The number of hydrogen-bond acceptors (Lipinski definition) is 4. The lowest BCUT2D eigenvalue weighted by molar-refractivity contribution is 0.135. The molecule has 1 aliphatic rings. The molecule has 0 fully saturated rings. The molecule has 5 nitrogen and oxygen atoms in total. The van der Waals surface area contributed by atoms with E-state index in [4.69, 9.17) is 4.74 Å². The number of ether oxygens (including phenoxy) is 1. The molecule has 0 aromatic carbocycles. The van der Waals surface area contributed by atoms with Gasteiger partial charge in [-0.15, -0.1) is 10.2 Å². The van der Waals surface area contributed by atoms with Crippen molar-refractivity contribution >= 4 is 0 Å². The molecule has 0 bridgehead atoms. The summed E-state index contributed by atoms with van der Waals surface area (Å²) in [5.41, 5.74) is 0. The molecule has 0 spiro atoms. The number of hydrogen-bond donors (Lipinski definition) is 1. The van der Waals surface area contributed by atoms with Crippen LogP contribution in [0.4, 0.5) is 0 Å². The monoisotopic (exact) mass is 252 g/mol.